The molecule has 1 atom stereocenters. The van der Waals surface area contributed by atoms with Crippen molar-refractivity contribution in [3.8, 4) is 6.07 Å². The molecule has 3 nitrogen and oxygen atoms in total. The second-order valence-electron chi connectivity index (χ2n) is 5.53. The SMILES string of the molecule is Cc1ccc(CC(C#N)Sc2nc3ccccc3nc2C)cc1. The summed E-state index contributed by atoms with van der Waals surface area (Å²) in [6.45, 7) is 4.01. The Hall–Kier alpha value is -2.38. The van der Waals surface area contributed by atoms with Gasteiger partial charge in [-0.25, -0.2) is 9.97 Å². The molecule has 0 N–H and O–H groups in total. The van der Waals surface area contributed by atoms with Gasteiger partial charge in [-0.15, -0.1) is 0 Å². The lowest BCUT2D eigenvalue weighted by molar-refractivity contribution is 0.994. The molecule has 1 heterocycles. The standard InChI is InChI=1S/C19H17N3S/c1-13-7-9-15(10-8-13)11-16(12-20)23-19-14(2)21-17-5-3-4-6-18(17)22-19/h3-10,16H,11H2,1-2H3. The highest BCUT2D eigenvalue weighted by Crippen LogP contribution is 2.27. The van der Waals surface area contributed by atoms with Crippen molar-refractivity contribution in [3.05, 3.63) is 65.4 Å². The lowest BCUT2D eigenvalue weighted by Crippen LogP contribution is -2.06. The zero-order valence-electron chi connectivity index (χ0n) is 13.2. The molecule has 0 aliphatic carbocycles. The minimum atomic E-state index is -0.174. The summed E-state index contributed by atoms with van der Waals surface area (Å²) in [5.41, 5.74) is 5.03. The molecule has 0 saturated heterocycles. The molecule has 114 valence electrons. The zero-order valence-corrected chi connectivity index (χ0v) is 14.0. The minimum absolute atomic E-state index is 0.174. The van der Waals surface area contributed by atoms with Gasteiger partial charge in [-0.3, -0.25) is 0 Å². The van der Waals surface area contributed by atoms with Gasteiger partial charge < -0.3 is 0 Å². The van der Waals surface area contributed by atoms with E-state index < -0.39 is 0 Å². The van der Waals surface area contributed by atoms with Crippen molar-refractivity contribution in [2.75, 3.05) is 0 Å². The lowest BCUT2D eigenvalue weighted by Gasteiger charge is -2.11. The number of thioether (sulfide) groups is 1. The molecule has 2 aromatic carbocycles. The molecule has 3 rings (SSSR count). The first kappa shape index (κ1) is 15.5. The molecule has 0 spiro atoms. The van der Waals surface area contributed by atoms with Crippen LogP contribution in [0.4, 0.5) is 0 Å². The Morgan fingerprint density at radius 2 is 1.65 bits per heavy atom. The molecule has 0 amide bonds. The first-order valence-corrected chi connectivity index (χ1v) is 8.39. The number of aromatic nitrogens is 2. The Balaban J connectivity index is 1.82. The van der Waals surface area contributed by atoms with Crippen molar-refractivity contribution in [2.45, 2.75) is 30.5 Å². The van der Waals surface area contributed by atoms with Gasteiger partial charge in [-0.1, -0.05) is 53.7 Å². The van der Waals surface area contributed by atoms with Crippen LogP contribution in [0.5, 0.6) is 0 Å². The largest absolute Gasteiger partial charge is 0.249 e. The molecule has 0 fully saturated rings. The van der Waals surface area contributed by atoms with Crippen LogP contribution in [0.3, 0.4) is 0 Å². The molecular formula is C19H17N3S. The summed E-state index contributed by atoms with van der Waals surface area (Å²) in [4.78, 5) is 9.26. The molecule has 3 aromatic rings. The van der Waals surface area contributed by atoms with E-state index >= 15 is 0 Å². The number of rotatable bonds is 4. The van der Waals surface area contributed by atoms with Gasteiger partial charge >= 0.3 is 0 Å². The molecule has 0 aliphatic rings. The summed E-state index contributed by atoms with van der Waals surface area (Å²) in [6.07, 6.45) is 0.704. The summed E-state index contributed by atoms with van der Waals surface area (Å²) in [5.74, 6) is 0. The maximum atomic E-state index is 9.49. The van der Waals surface area contributed by atoms with Crippen molar-refractivity contribution >= 4 is 22.8 Å². The van der Waals surface area contributed by atoms with Gasteiger partial charge in [0, 0.05) is 0 Å². The smallest absolute Gasteiger partial charge is 0.119 e. The summed E-state index contributed by atoms with van der Waals surface area (Å²) in [5, 5.41) is 10.1. The third-order valence-electron chi connectivity index (χ3n) is 3.64. The predicted molar refractivity (Wildman–Crippen MR) is 94.4 cm³/mol. The molecule has 1 unspecified atom stereocenters. The highest BCUT2D eigenvalue weighted by atomic mass is 32.2. The predicted octanol–water partition coefficient (Wildman–Crippen LogP) is 4.47. The third-order valence-corrected chi connectivity index (χ3v) is 4.81. The van der Waals surface area contributed by atoms with E-state index in [-0.39, 0.29) is 5.25 Å². The number of nitriles is 1. The van der Waals surface area contributed by atoms with Crippen molar-refractivity contribution < 1.29 is 0 Å². The third kappa shape index (κ3) is 3.69. The van der Waals surface area contributed by atoms with Crippen LogP contribution in [0.25, 0.3) is 11.0 Å². The number of nitrogens with zero attached hydrogens (tertiary/aromatic N) is 3. The molecule has 0 saturated carbocycles. The van der Waals surface area contributed by atoms with E-state index in [1.54, 1.807) is 0 Å². The van der Waals surface area contributed by atoms with Gasteiger partial charge in [-0.05, 0) is 38.0 Å². The Morgan fingerprint density at radius 3 is 2.30 bits per heavy atom. The van der Waals surface area contributed by atoms with Crippen LogP contribution in [0.2, 0.25) is 0 Å². The zero-order chi connectivity index (χ0) is 16.2. The van der Waals surface area contributed by atoms with Crippen molar-refractivity contribution in [1.29, 1.82) is 5.26 Å². The number of hydrogen-bond donors (Lipinski definition) is 0. The molecule has 0 aliphatic heterocycles. The van der Waals surface area contributed by atoms with E-state index in [4.69, 9.17) is 0 Å². The fraction of sp³-hybridized carbons (Fsp3) is 0.211. The Labute approximate surface area is 140 Å². The maximum absolute atomic E-state index is 9.49. The minimum Gasteiger partial charge on any atom is -0.249 e. The van der Waals surface area contributed by atoms with Gasteiger partial charge in [0.2, 0.25) is 0 Å². The maximum Gasteiger partial charge on any atom is 0.119 e. The van der Waals surface area contributed by atoms with Crippen LogP contribution in [0, 0.1) is 25.2 Å². The second-order valence-corrected chi connectivity index (χ2v) is 6.72. The van der Waals surface area contributed by atoms with E-state index in [1.165, 1.54) is 22.9 Å². The first-order valence-electron chi connectivity index (χ1n) is 7.51. The summed E-state index contributed by atoms with van der Waals surface area (Å²) >= 11 is 1.49. The molecule has 4 heteroatoms. The molecule has 1 aromatic heterocycles. The van der Waals surface area contributed by atoms with Crippen LogP contribution >= 0.6 is 11.8 Å². The van der Waals surface area contributed by atoms with Gasteiger partial charge in [0.25, 0.3) is 0 Å². The quantitative estimate of drug-likeness (QED) is 0.666. The van der Waals surface area contributed by atoms with Crippen LogP contribution in [-0.4, -0.2) is 15.2 Å². The Kier molecular flexibility index (Phi) is 4.59. The van der Waals surface area contributed by atoms with Crippen molar-refractivity contribution in [1.82, 2.24) is 9.97 Å². The van der Waals surface area contributed by atoms with Crippen LogP contribution < -0.4 is 0 Å². The van der Waals surface area contributed by atoms with Gasteiger partial charge in [0.05, 0.1) is 22.8 Å². The van der Waals surface area contributed by atoms with E-state index in [0.29, 0.717) is 6.42 Å². The number of para-hydroxylation sites is 2. The fourth-order valence-electron chi connectivity index (χ4n) is 2.37. The van der Waals surface area contributed by atoms with Gasteiger partial charge in [0.1, 0.15) is 10.3 Å². The summed E-state index contributed by atoms with van der Waals surface area (Å²) < 4.78 is 0. The highest BCUT2D eigenvalue weighted by molar-refractivity contribution is 8.00. The van der Waals surface area contributed by atoms with E-state index in [2.05, 4.69) is 47.2 Å². The van der Waals surface area contributed by atoms with E-state index in [9.17, 15) is 5.26 Å². The van der Waals surface area contributed by atoms with Crippen LogP contribution in [-0.2, 0) is 6.42 Å². The number of aryl methyl sites for hydroxylation is 2. The van der Waals surface area contributed by atoms with Crippen molar-refractivity contribution in [2.24, 2.45) is 0 Å². The summed E-state index contributed by atoms with van der Waals surface area (Å²) in [6, 6.07) is 18.5. The average Bonchev–Trinajstić information content (AvgIpc) is 2.56. The van der Waals surface area contributed by atoms with Gasteiger partial charge in [0.15, 0.2) is 0 Å². The fourth-order valence-corrected chi connectivity index (χ4v) is 3.34. The molecule has 23 heavy (non-hydrogen) atoms. The number of fused-ring (bicyclic) bond motifs is 1. The summed E-state index contributed by atoms with van der Waals surface area (Å²) in [7, 11) is 0. The van der Waals surface area contributed by atoms with Crippen LogP contribution in [0.15, 0.2) is 53.6 Å². The topological polar surface area (TPSA) is 49.6 Å². The number of benzene rings is 2. The molecule has 0 radical (unpaired) electrons. The monoisotopic (exact) mass is 319 g/mol. The van der Waals surface area contributed by atoms with E-state index in [1.807, 2.05) is 31.2 Å². The molecule has 0 bridgehead atoms. The lowest BCUT2D eigenvalue weighted by atomic mass is 10.1. The first-order chi connectivity index (χ1) is 11.2. The van der Waals surface area contributed by atoms with E-state index in [0.717, 1.165) is 21.8 Å². The Bertz CT molecular complexity index is 866. The van der Waals surface area contributed by atoms with Crippen molar-refractivity contribution in [3.63, 3.8) is 0 Å². The number of hydrogen-bond acceptors (Lipinski definition) is 4. The highest BCUT2D eigenvalue weighted by Gasteiger charge is 2.14. The molecular weight excluding hydrogens is 302 g/mol. The average molecular weight is 319 g/mol. The second kappa shape index (κ2) is 6.80. The van der Waals surface area contributed by atoms with Gasteiger partial charge in [-0.2, -0.15) is 5.26 Å². The van der Waals surface area contributed by atoms with Crippen LogP contribution in [0.1, 0.15) is 16.8 Å². The normalized spacial score (nSPS) is 12.0. The Morgan fingerprint density at radius 1 is 1.00 bits per heavy atom.